The lowest BCUT2D eigenvalue weighted by Crippen LogP contribution is -2.21. The summed E-state index contributed by atoms with van der Waals surface area (Å²) in [5.41, 5.74) is 6.03. The third-order valence-corrected chi connectivity index (χ3v) is 4.00. The van der Waals surface area contributed by atoms with Crippen LogP contribution in [0, 0.1) is 0 Å². The Hall–Kier alpha value is -2.42. The molecule has 0 fully saturated rings. The molecule has 0 unspecified atom stereocenters. The van der Waals surface area contributed by atoms with Crippen molar-refractivity contribution in [2.24, 2.45) is 0 Å². The van der Waals surface area contributed by atoms with E-state index in [2.05, 4.69) is 48.4 Å². The first-order valence-electron chi connectivity index (χ1n) is 6.68. The maximum absolute atomic E-state index is 5.79. The second kappa shape index (κ2) is 4.04. The highest BCUT2D eigenvalue weighted by Crippen LogP contribution is 2.50. The van der Waals surface area contributed by atoms with Gasteiger partial charge in [0, 0.05) is 36.0 Å². The van der Waals surface area contributed by atoms with Gasteiger partial charge in [-0.05, 0) is 17.7 Å². The van der Waals surface area contributed by atoms with Crippen molar-refractivity contribution in [3.63, 3.8) is 0 Å². The lowest BCUT2D eigenvalue weighted by molar-refractivity contribution is 0.352. The third-order valence-electron chi connectivity index (χ3n) is 4.00. The van der Waals surface area contributed by atoms with Crippen molar-refractivity contribution in [2.75, 3.05) is 25.7 Å². The van der Waals surface area contributed by atoms with Crippen LogP contribution in [0.1, 0.15) is 11.1 Å². The average molecular weight is 265 g/mol. The molecule has 0 amide bonds. The van der Waals surface area contributed by atoms with Crippen LogP contribution < -0.4 is 14.4 Å². The molecular formula is C17H15NO2. The Bertz CT molecular complexity index is 734. The minimum absolute atomic E-state index is 0.604. The van der Waals surface area contributed by atoms with Crippen LogP contribution in [0.3, 0.4) is 0 Å². The van der Waals surface area contributed by atoms with Crippen LogP contribution in [0.25, 0.3) is 5.57 Å². The van der Waals surface area contributed by atoms with E-state index >= 15 is 0 Å². The average Bonchev–Trinajstić information content (AvgIpc) is 2.51. The predicted octanol–water partition coefficient (Wildman–Crippen LogP) is 3.60. The highest BCUT2D eigenvalue weighted by molar-refractivity contribution is 6.00. The van der Waals surface area contributed by atoms with Gasteiger partial charge in [-0.15, -0.1) is 0 Å². The monoisotopic (exact) mass is 265 g/mol. The zero-order valence-electron chi connectivity index (χ0n) is 11.5. The molecule has 0 aromatic heterocycles. The Labute approximate surface area is 118 Å². The highest BCUT2D eigenvalue weighted by atomic mass is 16.5. The lowest BCUT2D eigenvalue weighted by Gasteiger charge is -2.34. The first kappa shape index (κ1) is 11.4. The molecule has 2 aliphatic heterocycles. The van der Waals surface area contributed by atoms with Crippen LogP contribution in [-0.4, -0.2) is 20.8 Å². The largest absolute Gasteiger partial charge is 0.497 e. The van der Waals surface area contributed by atoms with Crippen molar-refractivity contribution in [1.82, 2.24) is 0 Å². The summed E-state index contributed by atoms with van der Waals surface area (Å²) in [5.74, 6) is 1.73. The lowest BCUT2D eigenvalue weighted by atomic mass is 9.88. The second-order valence-electron chi connectivity index (χ2n) is 5.02. The Morgan fingerprint density at radius 2 is 2.00 bits per heavy atom. The summed E-state index contributed by atoms with van der Waals surface area (Å²) in [6, 6.07) is 12.5. The molecule has 0 bridgehead atoms. The van der Waals surface area contributed by atoms with Crippen LogP contribution in [0.5, 0.6) is 11.5 Å². The summed E-state index contributed by atoms with van der Waals surface area (Å²) in [7, 11) is 3.77. The van der Waals surface area contributed by atoms with Crippen molar-refractivity contribution in [3.8, 4) is 11.5 Å². The molecule has 2 aromatic rings. The fraction of sp³-hybridized carbons (Fsp3) is 0.176. The first-order chi connectivity index (χ1) is 9.79. The zero-order chi connectivity index (χ0) is 13.7. The normalized spacial score (nSPS) is 14.9. The maximum Gasteiger partial charge on any atom is 0.133 e. The molecule has 0 atom stereocenters. The summed E-state index contributed by atoms with van der Waals surface area (Å²) in [4.78, 5) is 2.20. The fourth-order valence-corrected chi connectivity index (χ4v) is 3.03. The molecule has 0 aliphatic carbocycles. The maximum atomic E-state index is 5.79. The molecule has 100 valence electrons. The number of fused-ring (bicyclic) bond motifs is 2. The number of anilines is 2. The molecule has 3 nitrogen and oxygen atoms in total. The van der Waals surface area contributed by atoms with Gasteiger partial charge in [0.2, 0.25) is 0 Å². The van der Waals surface area contributed by atoms with Gasteiger partial charge in [0.1, 0.15) is 18.1 Å². The van der Waals surface area contributed by atoms with Crippen molar-refractivity contribution >= 4 is 16.9 Å². The van der Waals surface area contributed by atoms with Crippen molar-refractivity contribution in [1.29, 1.82) is 0 Å². The van der Waals surface area contributed by atoms with E-state index in [1.165, 1.54) is 22.4 Å². The first-order valence-corrected chi connectivity index (χ1v) is 6.68. The molecule has 4 rings (SSSR count). The molecule has 2 aromatic carbocycles. The third kappa shape index (κ3) is 1.40. The number of hydrogen-bond donors (Lipinski definition) is 0. The van der Waals surface area contributed by atoms with Gasteiger partial charge in [0.25, 0.3) is 0 Å². The molecule has 0 N–H and O–H groups in total. The van der Waals surface area contributed by atoms with Gasteiger partial charge >= 0.3 is 0 Å². The van der Waals surface area contributed by atoms with E-state index in [1.54, 1.807) is 7.11 Å². The Balaban J connectivity index is 2.05. The predicted molar refractivity (Wildman–Crippen MR) is 80.1 cm³/mol. The van der Waals surface area contributed by atoms with Crippen LogP contribution in [0.2, 0.25) is 0 Å². The van der Waals surface area contributed by atoms with Crippen molar-refractivity contribution in [3.05, 3.63) is 53.6 Å². The summed E-state index contributed by atoms with van der Waals surface area (Å²) >= 11 is 0. The molecule has 2 aliphatic rings. The van der Waals surface area contributed by atoms with E-state index in [0.29, 0.717) is 6.61 Å². The SMILES string of the molecule is COc1cc2c3c(c1)N(C)c1ccccc1C3=CCO2. The summed E-state index contributed by atoms with van der Waals surface area (Å²) in [5, 5.41) is 0. The molecule has 0 spiro atoms. The van der Waals surface area contributed by atoms with E-state index < -0.39 is 0 Å². The Morgan fingerprint density at radius 3 is 2.85 bits per heavy atom. The zero-order valence-corrected chi connectivity index (χ0v) is 11.5. The van der Waals surface area contributed by atoms with Crippen molar-refractivity contribution < 1.29 is 9.47 Å². The van der Waals surface area contributed by atoms with Crippen LogP contribution >= 0.6 is 0 Å². The summed E-state index contributed by atoms with van der Waals surface area (Å²) in [6.07, 6.45) is 2.16. The minimum Gasteiger partial charge on any atom is -0.497 e. The van der Waals surface area contributed by atoms with Gasteiger partial charge in [0.05, 0.1) is 12.8 Å². The van der Waals surface area contributed by atoms with E-state index in [1.807, 2.05) is 6.07 Å². The van der Waals surface area contributed by atoms with Gasteiger partial charge in [-0.2, -0.15) is 0 Å². The Morgan fingerprint density at radius 1 is 1.15 bits per heavy atom. The van der Waals surface area contributed by atoms with Gasteiger partial charge in [-0.3, -0.25) is 0 Å². The van der Waals surface area contributed by atoms with E-state index in [4.69, 9.17) is 9.47 Å². The topological polar surface area (TPSA) is 21.7 Å². The van der Waals surface area contributed by atoms with Gasteiger partial charge in [-0.1, -0.05) is 18.2 Å². The molecule has 0 saturated carbocycles. The number of nitrogens with zero attached hydrogens (tertiary/aromatic N) is 1. The fourth-order valence-electron chi connectivity index (χ4n) is 3.03. The number of hydrogen-bond acceptors (Lipinski definition) is 3. The van der Waals surface area contributed by atoms with Gasteiger partial charge in [-0.25, -0.2) is 0 Å². The number of rotatable bonds is 1. The standard InChI is InChI=1S/C17H15NO2/c1-18-14-6-4-3-5-12(14)13-7-8-20-16-10-11(19-2)9-15(18)17(13)16/h3-7,9-10H,8H2,1-2H3. The number of para-hydroxylation sites is 1. The van der Waals surface area contributed by atoms with Crippen LogP contribution in [0.4, 0.5) is 11.4 Å². The second-order valence-corrected chi connectivity index (χ2v) is 5.02. The van der Waals surface area contributed by atoms with E-state index in [-0.39, 0.29) is 0 Å². The highest BCUT2D eigenvalue weighted by Gasteiger charge is 2.29. The molecule has 3 heteroatoms. The van der Waals surface area contributed by atoms with Crippen LogP contribution in [-0.2, 0) is 0 Å². The van der Waals surface area contributed by atoms with E-state index in [9.17, 15) is 0 Å². The number of benzene rings is 2. The molecule has 0 radical (unpaired) electrons. The molecule has 2 heterocycles. The number of methoxy groups -OCH3 is 1. The summed E-state index contributed by atoms with van der Waals surface area (Å²) in [6.45, 7) is 0.604. The van der Waals surface area contributed by atoms with Crippen molar-refractivity contribution in [2.45, 2.75) is 0 Å². The van der Waals surface area contributed by atoms with Gasteiger partial charge in [0.15, 0.2) is 0 Å². The molecular weight excluding hydrogens is 250 g/mol. The number of ether oxygens (including phenoxy) is 2. The van der Waals surface area contributed by atoms with Crippen LogP contribution in [0.15, 0.2) is 42.5 Å². The molecule has 20 heavy (non-hydrogen) atoms. The van der Waals surface area contributed by atoms with Gasteiger partial charge < -0.3 is 14.4 Å². The van der Waals surface area contributed by atoms with E-state index in [0.717, 1.165) is 17.2 Å². The summed E-state index contributed by atoms with van der Waals surface area (Å²) < 4.78 is 11.2. The molecule has 0 saturated heterocycles. The smallest absolute Gasteiger partial charge is 0.133 e. The minimum atomic E-state index is 0.604. The quantitative estimate of drug-likeness (QED) is 0.786. The Kier molecular flexibility index (Phi) is 2.30.